The van der Waals surface area contributed by atoms with E-state index in [-0.39, 0.29) is 18.1 Å². The molecule has 3 aromatic rings. The van der Waals surface area contributed by atoms with Crippen molar-refractivity contribution in [2.24, 2.45) is 0 Å². The first kappa shape index (κ1) is 20.3. The van der Waals surface area contributed by atoms with Gasteiger partial charge in [-0.15, -0.1) is 0 Å². The highest BCUT2D eigenvalue weighted by Gasteiger charge is 2.16. The van der Waals surface area contributed by atoms with Gasteiger partial charge in [0.2, 0.25) is 5.91 Å². The summed E-state index contributed by atoms with van der Waals surface area (Å²) in [5.74, 6) is 0.159. The van der Waals surface area contributed by atoms with Crippen LogP contribution in [0.1, 0.15) is 28.1 Å². The number of nitrogens with one attached hydrogen (secondary N) is 1. The Morgan fingerprint density at radius 1 is 1.31 bits per heavy atom. The molecule has 7 heteroatoms. The van der Waals surface area contributed by atoms with Crippen LogP contribution in [0.25, 0.3) is 11.8 Å². The number of methoxy groups -OCH3 is 1. The third-order valence-corrected chi connectivity index (χ3v) is 4.76. The maximum absolute atomic E-state index is 13.3. The molecule has 1 aromatic carbocycles. The van der Waals surface area contributed by atoms with Crippen LogP contribution in [0.5, 0.6) is 5.75 Å². The van der Waals surface area contributed by atoms with Crippen LogP contribution < -0.4 is 10.1 Å². The standard InChI is InChI=1S/C22H23FN4O2/c1-5-16-8-18(23)7-6-17(16)11-25-22(28)10-21-14(2)26-27(15(21)3)19-9-20(29-4)13-24-12-19/h5-9,12-13H,1,10-11H2,2-4H3,(H,25,28). The number of ether oxygens (including phenoxy) is 1. The Kier molecular flexibility index (Phi) is 6.07. The third-order valence-electron chi connectivity index (χ3n) is 4.76. The molecule has 0 aliphatic carbocycles. The van der Waals surface area contributed by atoms with Gasteiger partial charge < -0.3 is 10.1 Å². The monoisotopic (exact) mass is 394 g/mol. The average Bonchev–Trinajstić information content (AvgIpc) is 3.01. The number of nitrogens with zero attached hydrogens (tertiary/aromatic N) is 3. The smallest absolute Gasteiger partial charge is 0.224 e. The zero-order valence-corrected chi connectivity index (χ0v) is 16.7. The van der Waals surface area contributed by atoms with Crippen LogP contribution in [0.4, 0.5) is 4.39 Å². The van der Waals surface area contributed by atoms with E-state index in [2.05, 4.69) is 22.0 Å². The molecule has 0 saturated carbocycles. The van der Waals surface area contributed by atoms with Crippen LogP contribution in [0.15, 0.2) is 43.2 Å². The summed E-state index contributed by atoms with van der Waals surface area (Å²) in [6.45, 7) is 7.77. The number of pyridine rings is 1. The van der Waals surface area contributed by atoms with E-state index >= 15 is 0 Å². The van der Waals surface area contributed by atoms with Gasteiger partial charge in [0.05, 0.1) is 37.3 Å². The Bertz CT molecular complexity index is 1060. The minimum Gasteiger partial charge on any atom is -0.495 e. The van der Waals surface area contributed by atoms with Crippen molar-refractivity contribution in [2.75, 3.05) is 7.11 Å². The molecular weight excluding hydrogens is 371 g/mol. The second-order valence-corrected chi connectivity index (χ2v) is 6.64. The predicted octanol–water partition coefficient (Wildman–Crippen LogP) is 3.53. The minimum absolute atomic E-state index is 0.140. The van der Waals surface area contributed by atoms with Crippen molar-refractivity contribution in [3.05, 3.63) is 77.1 Å². The zero-order valence-electron chi connectivity index (χ0n) is 16.7. The van der Waals surface area contributed by atoms with Crippen LogP contribution in [-0.2, 0) is 17.8 Å². The van der Waals surface area contributed by atoms with Crippen molar-refractivity contribution in [1.29, 1.82) is 0 Å². The molecule has 2 aromatic heterocycles. The van der Waals surface area contributed by atoms with E-state index in [1.807, 2.05) is 19.9 Å². The maximum atomic E-state index is 13.3. The van der Waals surface area contributed by atoms with E-state index in [0.29, 0.717) is 17.9 Å². The molecule has 1 N–H and O–H groups in total. The van der Waals surface area contributed by atoms with E-state index in [4.69, 9.17) is 4.74 Å². The lowest BCUT2D eigenvalue weighted by Gasteiger charge is -2.09. The van der Waals surface area contributed by atoms with Gasteiger partial charge in [0.1, 0.15) is 11.6 Å². The molecule has 150 valence electrons. The van der Waals surface area contributed by atoms with Crippen LogP contribution in [-0.4, -0.2) is 27.8 Å². The van der Waals surface area contributed by atoms with E-state index < -0.39 is 0 Å². The van der Waals surface area contributed by atoms with Crippen LogP contribution in [0, 0.1) is 19.7 Å². The van der Waals surface area contributed by atoms with Crippen LogP contribution >= 0.6 is 0 Å². The number of benzene rings is 1. The Balaban J connectivity index is 1.74. The number of aryl methyl sites for hydroxylation is 1. The fourth-order valence-electron chi connectivity index (χ4n) is 3.15. The Hall–Kier alpha value is -3.48. The molecular formula is C22H23FN4O2. The summed E-state index contributed by atoms with van der Waals surface area (Å²) in [5.41, 5.74) is 4.72. The molecule has 0 unspecified atom stereocenters. The van der Waals surface area contributed by atoms with Crippen LogP contribution in [0.2, 0.25) is 0 Å². The number of rotatable bonds is 7. The number of carbonyl (C=O) groups excluding carboxylic acids is 1. The molecule has 0 saturated heterocycles. The highest BCUT2D eigenvalue weighted by atomic mass is 19.1. The minimum atomic E-state index is -0.333. The van der Waals surface area contributed by atoms with Crippen molar-refractivity contribution in [3.63, 3.8) is 0 Å². The number of hydrogen-bond donors (Lipinski definition) is 1. The van der Waals surface area contributed by atoms with E-state index in [1.54, 1.807) is 36.3 Å². The lowest BCUT2D eigenvalue weighted by Crippen LogP contribution is -2.25. The fraction of sp³-hybridized carbons (Fsp3) is 0.227. The SMILES string of the molecule is C=Cc1cc(F)ccc1CNC(=O)Cc1c(C)nn(-c2cncc(OC)c2)c1C. The summed E-state index contributed by atoms with van der Waals surface area (Å²) < 4.78 is 20.3. The molecule has 0 aliphatic heterocycles. The second kappa shape index (κ2) is 8.68. The van der Waals surface area contributed by atoms with Gasteiger partial charge in [0, 0.05) is 23.9 Å². The number of hydrogen-bond acceptors (Lipinski definition) is 4. The maximum Gasteiger partial charge on any atom is 0.224 e. The van der Waals surface area contributed by atoms with Gasteiger partial charge in [-0.2, -0.15) is 5.10 Å². The van der Waals surface area contributed by atoms with Crippen molar-refractivity contribution >= 4 is 12.0 Å². The molecule has 0 atom stereocenters. The molecule has 2 heterocycles. The zero-order chi connectivity index (χ0) is 21.0. The van der Waals surface area contributed by atoms with Gasteiger partial charge in [-0.05, 0) is 37.1 Å². The van der Waals surface area contributed by atoms with E-state index in [0.717, 1.165) is 28.2 Å². The Morgan fingerprint density at radius 2 is 2.10 bits per heavy atom. The number of aromatic nitrogens is 3. The third kappa shape index (κ3) is 4.51. The van der Waals surface area contributed by atoms with Crippen LogP contribution in [0.3, 0.4) is 0 Å². The Morgan fingerprint density at radius 3 is 2.83 bits per heavy atom. The first-order valence-corrected chi connectivity index (χ1v) is 9.15. The molecule has 0 radical (unpaired) electrons. The molecule has 29 heavy (non-hydrogen) atoms. The van der Waals surface area contributed by atoms with Crippen molar-refractivity contribution < 1.29 is 13.9 Å². The number of halogens is 1. The number of amides is 1. The largest absolute Gasteiger partial charge is 0.495 e. The van der Waals surface area contributed by atoms with Gasteiger partial charge in [-0.25, -0.2) is 9.07 Å². The van der Waals surface area contributed by atoms with Crippen molar-refractivity contribution in [1.82, 2.24) is 20.1 Å². The number of carbonyl (C=O) groups is 1. The first-order chi connectivity index (χ1) is 13.9. The van der Waals surface area contributed by atoms with E-state index in [1.165, 1.54) is 12.1 Å². The van der Waals surface area contributed by atoms with Crippen molar-refractivity contribution in [2.45, 2.75) is 26.8 Å². The van der Waals surface area contributed by atoms with Crippen molar-refractivity contribution in [3.8, 4) is 11.4 Å². The first-order valence-electron chi connectivity index (χ1n) is 9.15. The van der Waals surface area contributed by atoms with E-state index in [9.17, 15) is 9.18 Å². The summed E-state index contributed by atoms with van der Waals surface area (Å²) >= 11 is 0. The molecule has 0 bridgehead atoms. The summed E-state index contributed by atoms with van der Waals surface area (Å²) in [4.78, 5) is 16.7. The normalized spacial score (nSPS) is 10.6. The van der Waals surface area contributed by atoms with Gasteiger partial charge in [0.15, 0.2) is 0 Å². The van der Waals surface area contributed by atoms with Gasteiger partial charge in [0.25, 0.3) is 0 Å². The molecule has 0 spiro atoms. The molecule has 1 amide bonds. The lowest BCUT2D eigenvalue weighted by atomic mass is 10.1. The highest BCUT2D eigenvalue weighted by molar-refractivity contribution is 5.79. The molecule has 6 nitrogen and oxygen atoms in total. The summed E-state index contributed by atoms with van der Waals surface area (Å²) in [7, 11) is 1.58. The van der Waals surface area contributed by atoms with Gasteiger partial charge in [-0.1, -0.05) is 18.7 Å². The Labute approximate surface area is 169 Å². The topological polar surface area (TPSA) is 69.0 Å². The molecule has 0 aliphatic rings. The summed E-state index contributed by atoms with van der Waals surface area (Å²) in [6.07, 6.45) is 5.08. The fourth-order valence-corrected chi connectivity index (χ4v) is 3.15. The highest BCUT2D eigenvalue weighted by Crippen LogP contribution is 2.21. The quantitative estimate of drug-likeness (QED) is 0.666. The summed E-state index contributed by atoms with van der Waals surface area (Å²) in [5, 5.41) is 7.44. The molecule has 3 rings (SSSR count). The summed E-state index contributed by atoms with van der Waals surface area (Å²) in [6, 6.07) is 6.25. The van der Waals surface area contributed by atoms with Gasteiger partial charge >= 0.3 is 0 Å². The molecule has 0 fully saturated rings. The average molecular weight is 394 g/mol. The lowest BCUT2D eigenvalue weighted by molar-refractivity contribution is -0.120. The van der Waals surface area contributed by atoms with Gasteiger partial charge in [-0.3, -0.25) is 9.78 Å². The second-order valence-electron chi connectivity index (χ2n) is 6.64. The predicted molar refractivity (Wildman–Crippen MR) is 109 cm³/mol.